The molecule has 1 heteroatoms. The Morgan fingerprint density at radius 3 is 2.75 bits per heavy atom. The van der Waals surface area contributed by atoms with Crippen molar-refractivity contribution >= 4 is 0 Å². The summed E-state index contributed by atoms with van der Waals surface area (Å²) in [6.07, 6.45) is 3.87. The van der Waals surface area contributed by atoms with E-state index < -0.39 is 0 Å². The second kappa shape index (κ2) is 5.01. The molecule has 88 valence electrons. The monoisotopic (exact) mass is 217 g/mol. The minimum absolute atomic E-state index is 0.558. The third-order valence-corrected chi connectivity index (χ3v) is 3.81. The van der Waals surface area contributed by atoms with Crippen molar-refractivity contribution in [2.45, 2.75) is 33.1 Å². The van der Waals surface area contributed by atoms with Gasteiger partial charge < -0.3 is 5.32 Å². The molecule has 2 unspecified atom stereocenters. The molecule has 0 aromatic heterocycles. The summed E-state index contributed by atoms with van der Waals surface area (Å²) in [5.41, 5.74) is 2.05. The van der Waals surface area contributed by atoms with Crippen LogP contribution in [0.2, 0.25) is 0 Å². The van der Waals surface area contributed by atoms with Gasteiger partial charge in [0.1, 0.15) is 0 Å². The van der Waals surface area contributed by atoms with Crippen LogP contribution in [0.4, 0.5) is 0 Å². The highest BCUT2D eigenvalue weighted by Gasteiger charge is 2.48. The van der Waals surface area contributed by atoms with Crippen LogP contribution in [0, 0.1) is 11.3 Å². The molecule has 0 radical (unpaired) electrons. The minimum atomic E-state index is 0.558. The van der Waals surface area contributed by atoms with Gasteiger partial charge in [0.2, 0.25) is 0 Å². The zero-order chi connectivity index (χ0) is 11.4. The highest BCUT2D eigenvalue weighted by molar-refractivity contribution is 5.19. The van der Waals surface area contributed by atoms with Crippen molar-refractivity contribution in [1.29, 1.82) is 0 Å². The van der Waals surface area contributed by atoms with E-state index in [4.69, 9.17) is 0 Å². The molecule has 1 aliphatic carbocycles. The van der Waals surface area contributed by atoms with Gasteiger partial charge in [0.25, 0.3) is 0 Å². The van der Waals surface area contributed by atoms with E-state index in [1.165, 1.54) is 31.4 Å². The van der Waals surface area contributed by atoms with E-state index in [2.05, 4.69) is 49.5 Å². The molecule has 2 rings (SSSR count). The molecule has 0 heterocycles. The highest BCUT2D eigenvalue weighted by Crippen LogP contribution is 2.53. The summed E-state index contributed by atoms with van der Waals surface area (Å²) >= 11 is 0. The van der Waals surface area contributed by atoms with Gasteiger partial charge in [0, 0.05) is 0 Å². The summed E-state index contributed by atoms with van der Waals surface area (Å²) < 4.78 is 0. The van der Waals surface area contributed by atoms with Crippen LogP contribution in [0.1, 0.15) is 32.3 Å². The molecule has 1 aromatic rings. The standard InChI is InChI=1S/C15H23N/c1-3-9-16-12-14-11-15(14,2)10-13-7-5-4-6-8-13/h4-8,14,16H,3,9-12H2,1-2H3. The first kappa shape index (κ1) is 11.7. The summed E-state index contributed by atoms with van der Waals surface area (Å²) in [6.45, 7) is 7.02. The van der Waals surface area contributed by atoms with Crippen molar-refractivity contribution < 1.29 is 0 Å². The summed E-state index contributed by atoms with van der Waals surface area (Å²) in [7, 11) is 0. The molecule has 16 heavy (non-hydrogen) atoms. The number of hydrogen-bond donors (Lipinski definition) is 1. The van der Waals surface area contributed by atoms with E-state index in [0.29, 0.717) is 5.41 Å². The molecule has 2 atom stereocenters. The van der Waals surface area contributed by atoms with E-state index in [1.54, 1.807) is 0 Å². The largest absolute Gasteiger partial charge is 0.316 e. The van der Waals surface area contributed by atoms with Crippen LogP contribution in [0.3, 0.4) is 0 Å². The summed E-state index contributed by atoms with van der Waals surface area (Å²) in [5, 5.41) is 3.54. The third-order valence-electron chi connectivity index (χ3n) is 3.81. The molecule has 0 saturated heterocycles. The van der Waals surface area contributed by atoms with Crippen LogP contribution in [-0.4, -0.2) is 13.1 Å². The minimum Gasteiger partial charge on any atom is -0.316 e. The van der Waals surface area contributed by atoms with Crippen LogP contribution in [0.15, 0.2) is 30.3 Å². The van der Waals surface area contributed by atoms with Crippen LogP contribution < -0.4 is 5.32 Å². The lowest BCUT2D eigenvalue weighted by Gasteiger charge is -2.11. The first-order valence-electron chi connectivity index (χ1n) is 6.49. The molecular weight excluding hydrogens is 194 g/mol. The maximum absolute atomic E-state index is 3.54. The van der Waals surface area contributed by atoms with Crippen LogP contribution in [0.25, 0.3) is 0 Å². The second-order valence-electron chi connectivity index (χ2n) is 5.42. The zero-order valence-electron chi connectivity index (χ0n) is 10.5. The first-order valence-corrected chi connectivity index (χ1v) is 6.49. The maximum Gasteiger partial charge on any atom is -0.00150 e. The molecular formula is C15H23N. The first-order chi connectivity index (χ1) is 7.74. The topological polar surface area (TPSA) is 12.0 Å². The van der Waals surface area contributed by atoms with Crippen molar-refractivity contribution in [3.05, 3.63) is 35.9 Å². The van der Waals surface area contributed by atoms with Gasteiger partial charge in [-0.25, -0.2) is 0 Å². The Bertz CT molecular complexity index is 319. The Hall–Kier alpha value is -0.820. The van der Waals surface area contributed by atoms with Crippen LogP contribution >= 0.6 is 0 Å². The molecule has 1 N–H and O–H groups in total. The predicted molar refractivity (Wildman–Crippen MR) is 69.5 cm³/mol. The molecule has 1 nitrogen and oxygen atoms in total. The summed E-state index contributed by atoms with van der Waals surface area (Å²) in [4.78, 5) is 0. The molecule has 0 bridgehead atoms. The van der Waals surface area contributed by atoms with E-state index in [9.17, 15) is 0 Å². The number of nitrogens with one attached hydrogen (secondary N) is 1. The SMILES string of the molecule is CCCNCC1CC1(C)Cc1ccccc1. The smallest absolute Gasteiger partial charge is 0.00150 e. The third kappa shape index (κ3) is 2.85. The van der Waals surface area contributed by atoms with Gasteiger partial charge in [-0.15, -0.1) is 0 Å². The molecule has 0 amide bonds. The molecule has 1 saturated carbocycles. The Balaban J connectivity index is 1.79. The number of hydrogen-bond acceptors (Lipinski definition) is 1. The quantitative estimate of drug-likeness (QED) is 0.721. The van der Waals surface area contributed by atoms with Crippen molar-refractivity contribution in [3.63, 3.8) is 0 Å². The lowest BCUT2D eigenvalue weighted by molar-refractivity contribution is 0.476. The number of rotatable bonds is 6. The van der Waals surface area contributed by atoms with Gasteiger partial charge in [0.05, 0.1) is 0 Å². The molecule has 1 aliphatic rings. The van der Waals surface area contributed by atoms with E-state index in [0.717, 1.165) is 12.5 Å². The Labute approximate surface area is 99.3 Å². The van der Waals surface area contributed by atoms with Crippen molar-refractivity contribution in [3.8, 4) is 0 Å². The molecule has 0 aliphatic heterocycles. The zero-order valence-corrected chi connectivity index (χ0v) is 10.5. The van der Waals surface area contributed by atoms with Crippen LogP contribution in [-0.2, 0) is 6.42 Å². The average molecular weight is 217 g/mol. The van der Waals surface area contributed by atoms with E-state index >= 15 is 0 Å². The van der Waals surface area contributed by atoms with E-state index in [-0.39, 0.29) is 0 Å². The Morgan fingerprint density at radius 1 is 1.31 bits per heavy atom. The van der Waals surface area contributed by atoms with Gasteiger partial charge in [-0.3, -0.25) is 0 Å². The van der Waals surface area contributed by atoms with Gasteiger partial charge in [0.15, 0.2) is 0 Å². The molecule has 1 fully saturated rings. The predicted octanol–water partition coefficient (Wildman–Crippen LogP) is 3.25. The molecule has 1 aromatic carbocycles. The van der Waals surface area contributed by atoms with Gasteiger partial charge in [-0.1, -0.05) is 44.2 Å². The molecule has 0 spiro atoms. The Kier molecular flexibility index (Phi) is 3.65. The van der Waals surface area contributed by atoms with Crippen molar-refractivity contribution in [2.75, 3.05) is 13.1 Å². The lowest BCUT2D eigenvalue weighted by atomic mass is 9.96. The Morgan fingerprint density at radius 2 is 2.06 bits per heavy atom. The maximum atomic E-state index is 3.54. The normalized spacial score (nSPS) is 28.0. The van der Waals surface area contributed by atoms with Crippen molar-refractivity contribution in [1.82, 2.24) is 5.32 Å². The fraction of sp³-hybridized carbons (Fsp3) is 0.600. The van der Waals surface area contributed by atoms with E-state index in [1.807, 2.05) is 0 Å². The summed E-state index contributed by atoms with van der Waals surface area (Å²) in [5.74, 6) is 0.888. The highest BCUT2D eigenvalue weighted by atomic mass is 14.9. The van der Waals surface area contributed by atoms with Gasteiger partial charge >= 0.3 is 0 Å². The fourth-order valence-corrected chi connectivity index (χ4v) is 2.55. The second-order valence-corrected chi connectivity index (χ2v) is 5.42. The van der Waals surface area contributed by atoms with Crippen molar-refractivity contribution in [2.24, 2.45) is 11.3 Å². The van der Waals surface area contributed by atoms with Gasteiger partial charge in [-0.2, -0.15) is 0 Å². The summed E-state index contributed by atoms with van der Waals surface area (Å²) in [6, 6.07) is 10.9. The average Bonchev–Trinajstić information content (AvgIpc) is 2.91. The number of benzene rings is 1. The van der Waals surface area contributed by atoms with Gasteiger partial charge in [-0.05, 0) is 49.2 Å². The van der Waals surface area contributed by atoms with Crippen LogP contribution in [0.5, 0.6) is 0 Å². The lowest BCUT2D eigenvalue weighted by Crippen LogP contribution is -2.20. The fourth-order valence-electron chi connectivity index (χ4n) is 2.55.